The van der Waals surface area contributed by atoms with Gasteiger partial charge < -0.3 is 10.4 Å². The Hall–Kier alpha value is -1.91. The van der Waals surface area contributed by atoms with E-state index in [1.807, 2.05) is 12.1 Å². The molecule has 0 saturated carbocycles. The predicted molar refractivity (Wildman–Crippen MR) is 53.2 cm³/mol. The topological polar surface area (TPSA) is 79.3 Å². The van der Waals surface area contributed by atoms with Crippen LogP contribution < -0.4 is 5.32 Å². The zero-order valence-corrected chi connectivity index (χ0v) is 8.09. The standard InChI is InChI=1S/C10H12N2O3/c13-7-12-9(10(14)15)2-1-8-3-5-11-6-4-8/h3-7,9H,1-2H2,(H,12,13)(H,14,15). The van der Waals surface area contributed by atoms with Crippen LogP contribution in [0.5, 0.6) is 0 Å². The van der Waals surface area contributed by atoms with E-state index >= 15 is 0 Å². The van der Waals surface area contributed by atoms with Crippen molar-refractivity contribution in [1.82, 2.24) is 10.3 Å². The van der Waals surface area contributed by atoms with Crippen molar-refractivity contribution in [3.8, 4) is 0 Å². The molecule has 1 amide bonds. The molecule has 1 aromatic rings. The van der Waals surface area contributed by atoms with Crippen molar-refractivity contribution in [2.75, 3.05) is 0 Å². The molecular formula is C10H12N2O3. The summed E-state index contributed by atoms with van der Waals surface area (Å²) in [6.45, 7) is 0. The van der Waals surface area contributed by atoms with Gasteiger partial charge in [-0.25, -0.2) is 4.79 Å². The van der Waals surface area contributed by atoms with E-state index < -0.39 is 12.0 Å². The second-order valence-corrected chi connectivity index (χ2v) is 3.07. The molecule has 2 N–H and O–H groups in total. The van der Waals surface area contributed by atoms with Crippen LogP contribution in [0.15, 0.2) is 24.5 Å². The minimum Gasteiger partial charge on any atom is -0.480 e. The van der Waals surface area contributed by atoms with Gasteiger partial charge in [0.15, 0.2) is 0 Å². The lowest BCUT2D eigenvalue weighted by Crippen LogP contribution is -2.36. The molecule has 0 fully saturated rings. The average Bonchev–Trinajstić information content (AvgIpc) is 2.25. The Morgan fingerprint density at radius 3 is 2.73 bits per heavy atom. The summed E-state index contributed by atoms with van der Waals surface area (Å²) in [7, 11) is 0. The molecule has 1 aromatic heterocycles. The lowest BCUT2D eigenvalue weighted by molar-refractivity contribution is -0.140. The Labute approximate surface area is 87.1 Å². The first kappa shape index (κ1) is 11.2. The molecule has 5 nitrogen and oxygen atoms in total. The van der Waals surface area contributed by atoms with Crippen LogP contribution in [0.4, 0.5) is 0 Å². The molecule has 80 valence electrons. The van der Waals surface area contributed by atoms with Gasteiger partial charge in [0.2, 0.25) is 6.41 Å². The van der Waals surface area contributed by atoms with E-state index in [1.165, 1.54) is 0 Å². The Bertz CT molecular complexity index is 327. The summed E-state index contributed by atoms with van der Waals surface area (Å²) in [5, 5.41) is 11.0. The number of pyridine rings is 1. The quantitative estimate of drug-likeness (QED) is 0.655. The van der Waals surface area contributed by atoms with Crippen LogP contribution in [0.2, 0.25) is 0 Å². The number of nitrogens with zero attached hydrogens (tertiary/aromatic N) is 1. The lowest BCUT2D eigenvalue weighted by Gasteiger charge is -2.10. The highest BCUT2D eigenvalue weighted by Crippen LogP contribution is 2.03. The number of nitrogens with one attached hydrogen (secondary N) is 1. The second-order valence-electron chi connectivity index (χ2n) is 3.07. The average molecular weight is 208 g/mol. The van der Waals surface area contributed by atoms with Crippen molar-refractivity contribution in [3.05, 3.63) is 30.1 Å². The first-order chi connectivity index (χ1) is 7.24. The molecule has 0 aliphatic carbocycles. The van der Waals surface area contributed by atoms with Gasteiger partial charge in [0, 0.05) is 12.4 Å². The number of amides is 1. The minimum absolute atomic E-state index is 0.373. The molecule has 1 heterocycles. The van der Waals surface area contributed by atoms with Crippen molar-refractivity contribution < 1.29 is 14.7 Å². The van der Waals surface area contributed by atoms with Crippen molar-refractivity contribution in [3.63, 3.8) is 0 Å². The number of carbonyl (C=O) groups excluding carboxylic acids is 1. The van der Waals surface area contributed by atoms with Gasteiger partial charge in [-0.2, -0.15) is 0 Å². The summed E-state index contributed by atoms with van der Waals surface area (Å²) in [6, 6.07) is 2.82. The van der Waals surface area contributed by atoms with Crippen LogP contribution in [-0.2, 0) is 16.0 Å². The van der Waals surface area contributed by atoms with E-state index in [0.29, 0.717) is 19.3 Å². The number of hydrogen-bond donors (Lipinski definition) is 2. The molecule has 5 heteroatoms. The maximum atomic E-state index is 10.7. The first-order valence-electron chi connectivity index (χ1n) is 4.55. The van der Waals surface area contributed by atoms with E-state index in [9.17, 15) is 9.59 Å². The van der Waals surface area contributed by atoms with Gasteiger partial charge in [0.05, 0.1) is 0 Å². The van der Waals surface area contributed by atoms with Crippen LogP contribution in [0.3, 0.4) is 0 Å². The Kier molecular flexibility index (Phi) is 4.28. The van der Waals surface area contributed by atoms with Crippen LogP contribution in [-0.4, -0.2) is 28.5 Å². The zero-order valence-electron chi connectivity index (χ0n) is 8.09. The van der Waals surface area contributed by atoms with Crippen LogP contribution in [0.1, 0.15) is 12.0 Å². The third-order valence-corrected chi connectivity index (χ3v) is 2.04. The molecule has 0 radical (unpaired) electrons. The highest BCUT2D eigenvalue weighted by Gasteiger charge is 2.15. The number of rotatable bonds is 6. The number of carbonyl (C=O) groups is 2. The summed E-state index contributed by atoms with van der Waals surface area (Å²) in [5.41, 5.74) is 1.00. The number of carboxylic acid groups (broad SMARTS) is 1. The third-order valence-electron chi connectivity index (χ3n) is 2.04. The summed E-state index contributed by atoms with van der Waals surface area (Å²) in [4.78, 5) is 24.7. The van der Waals surface area contributed by atoms with Crippen molar-refractivity contribution in [2.24, 2.45) is 0 Å². The molecule has 1 atom stereocenters. The van der Waals surface area contributed by atoms with Gasteiger partial charge >= 0.3 is 5.97 Å². The number of carboxylic acids is 1. The Balaban J connectivity index is 2.47. The molecular weight excluding hydrogens is 196 g/mol. The molecule has 0 aliphatic heterocycles. The second kappa shape index (κ2) is 5.74. The van der Waals surface area contributed by atoms with Crippen LogP contribution >= 0.6 is 0 Å². The molecule has 1 unspecified atom stereocenters. The van der Waals surface area contributed by atoms with E-state index in [1.54, 1.807) is 12.4 Å². The van der Waals surface area contributed by atoms with Gasteiger partial charge in [-0.1, -0.05) is 0 Å². The van der Waals surface area contributed by atoms with E-state index in [-0.39, 0.29) is 0 Å². The largest absolute Gasteiger partial charge is 0.480 e. The minimum atomic E-state index is -1.02. The first-order valence-corrected chi connectivity index (χ1v) is 4.55. The van der Waals surface area contributed by atoms with Crippen molar-refractivity contribution in [1.29, 1.82) is 0 Å². The molecule has 0 saturated heterocycles. The van der Waals surface area contributed by atoms with E-state index in [2.05, 4.69) is 10.3 Å². The van der Waals surface area contributed by atoms with Crippen LogP contribution in [0, 0.1) is 0 Å². The van der Waals surface area contributed by atoms with Gasteiger partial charge in [0.1, 0.15) is 6.04 Å². The summed E-state index contributed by atoms with van der Waals surface area (Å²) >= 11 is 0. The number of aliphatic carboxylic acids is 1. The van der Waals surface area contributed by atoms with E-state index in [0.717, 1.165) is 5.56 Å². The normalized spacial score (nSPS) is 11.7. The van der Waals surface area contributed by atoms with Gasteiger partial charge in [-0.15, -0.1) is 0 Å². The highest BCUT2D eigenvalue weighted by atomic mass is 16.4. The predicted octanol–water partition coefficient (Wildman–Crippen LogP) is 0.213. The Morgan fingerprint density at radius 2 is 2.20 bits per heavy atom. The summed E-state index contributed by atoms with van der Waals surface area (Å²) < 4.78 is 0. The molecule has 0 bridgehead atoms. The maximum Gasteiger partial charge on any atom is 0.326 e. The molecule has 1 rings (SSSR count). The third kappa shape index (κ3) is 3.76. The zero-order chi connectivity index (χ0) is 11.1. The fourth-order valence-corrected chi connectivity index (χ4v) is 1.22. The van der Waals surface area contributed by atoms with Crippen molar-refractivity contribution >= 4 is 12.4 Å². The fraction of sp³-hybridized carbons (Fsp3) is 0.300. The monoisotopic (exact) mass is 208 g/mol. The lowest BCUT2D eigenvalue weighted by atomic mass is 10.1. The fourth-order valence-electron chi connectivity index (χ4n) is 1.22. The molecule has 0 spiro atoms. The molecule has 0 aliphatic rings. The molecule has 0 aromatic carbocycles. The Morgan fingerprint density at radius 1 is 1.53 bits per heavy atom. The number of hydrogen-bond acceptors (Lipinski definition) is 3. The highest BCUT2D eigenvalue weighted by molar-refractivity contribution is 5.76. The summed E-state index contributed by atoms with van der Waals surface area (Å²) in [5.74, 6) is -1.02. The van der Waals surface area contributed by atoms with Crippen LogP contribution in [0.25, 0.3) is 0 Å². The van der Waals surface area contributed by atoms with Gasteiger partial charge in [-0.05, 0) is 30.5 Å². The SMILES string of the molecule is O=CNC(CCc1ccncc1)C(=O)O. The van der Waals surface area contributed by atoms with E-state index in [4.69, 9.17) is 5.11 Å². The smallest absolute Gasteiger partial charge is 0.326 e. The van der Waals surface area contributed by atoms with Crippen molar-refractivity contribution in [2.45, 2.75) is 18.9 Å². The number of aryl methyl sites for hydroxylation is 1. The van der Waals surface area contributed by atoms with Gasteiger partial charge in [-0.3, -0.25) is 9.78 Å². The summed E-state index contributed by atoms with van der Waals surface area (Å²) in [6.07, 6.45) is 4.68. The van der Waals surface area contributed by atoms with Gasteiger partial charge in [0.25, 0.3) is 0 Å². The molecule has 15 heavy (non-hydrogen) atoms. The number of aromatic nitrogens is 1. The maximum absolute atomic E-state index is 10.7.